The highest BCUT2D eigenvalue weighted by atomic mass is 16.5. The second-order valence-corrected chi connectivity index (χ2v) is 19.1. The van der Waals surface area contributed by atoms with E-state index in [1.54, 1.807) is 28.4 Å². The van der Waals surface area contributed by atoms with Crippen LogP contribution in [-0.2, 0) is 32.0 Å². The summed E-state index contributed by atoms with van der Waals surface area (Å²) in [5.74, 6) is 3.10. The number of ether oxygens (including phenoxy) is 7. The van der Waals surface area contributed by atoms with E-state index in [1.165, 1.54) is 0 Å². The fourth-order valence-electron chi connectivity index (χ4n) is 9.48. The SMILES string of the molecule is COc1ccc(C(OCCC(O)CCCCCN)(c2ccccc2)c2ccc(OC)cc2)cc1.COc1ccc(C(OCCC(O)CCCCCNC(=O)OCc2ccccc2)(c2ccccc2)c2ccc(OC)cc2)cc1. The van der Waals surface area contributed by atoms with Gasteiger partial charge in [-0.1, -0.05) is 165 Å². The number of unbranched alkanes of at least 4 members (excludes halogenated alkanes) is 4. The lowest BCUT2D eigenvalue weighted by atomic mass is 9.80. The molecule has 12 nitrogen and oxygen atoms in total. The highest BCUT2D eigenvalue weighted by Crippen LogP contribution is 2.43. The molecule has 0 heterocycles. The van der Waals surface area contributed by atoms with Crippen molar-refractivity contribution in [2.45, 2.75) is 94.2 Å². The quantitative estimate of drug-likeness (QED) is 0.0242. The van der Waals surface area contributed by atoms with Crippen LogP contribution in [0.3, 0.4) is 0 Å². The Hall–Kier alpha value is -7.19. The van der Waals surface area contributed by atoms with Crippen LogP contribution >= 0.6 is 0 Å². The van der Waals surface area contributed by atoms with Gasteiger partial charge in [-0.2, -0.15) is 0 Å². The maximum atomic E-state index is 11.9. The van der Waals surface area contributed by atoms with Gasteiger partial charge in [0, 0.05) is 6.54 Å². The van der Waals surface area contributed by atoms with Gasteiger partial charge in [-0.15, -0.1) is 0 Å². The molecule has 0 aliphatic heterocycles. The number of hydrogen-bond donors (Lipinski definition) is 4. The highest BCUT2D eigenvalue weighted by Gasteiger charge is 2.39. The van der Waals surface area contributed by atoms with E-state index >= 15 is 0 Å². The van der Waals surface area contributed by atoms with E-state index in [9.17, 15) is 15.0 Å². The van der Waals surface area contributed by atoms with Crippen molar-refractivity contribution in [3.05, 3.63) is 227 Å². The smallest absolute Gasteiger partial charge is 0.407 e. The van der Waals surface area contributed by atoms with E-state index in [1.807, 2.05) is 164 Å². The number of alkyl carbamates (subject to hydrolysis) is 1. The van der Waals surface area contributed by atoms with Crippen molar-refractivity contribution in [3.63, 3.8) is 0 Å². The third-order valence-corrected chi connectivity index (χ3v) is 13.8. The molecular formula is C66H80N2O10. The molecule has 0 saturated heterocycles. The Labute approximate surface area is 462 Å². The molecule has 0 saturated carbocycles. The molecule has 5 N–H and O–H groups in total. The molecule has 0 fully saturated rings. The first kappa shape index (κ1) is 60.0. The number of nitrogens with two attached hydrogens (primary N) is 1. The number of carbonyl (C=O) groups is 1. The maximum Gasteiger partial charge on any atom is 0.407 e. The Morgan fingerprint density at radius 1 is 0.436 bits per heavy atom. The molecule has 7 aromatic rings. The summed E-state index contributed by atoms with van der Waals surface area (Å²) < 4.78 is 40.5. The van der Waals surface area contributed by atoms with Gasteiger partial charge < -0.3 is 54.4 Å². The van der Waals surface area contributed by atoms with Crippen molar-refractivity contribution in [2.75, 3.05) is 54.7 Å². The second-order valence-electron chi connectivity index (χ2n) is 19.1. The molecule has 1 amide bonds. The molecule has 2 unspecified atom stereocenters. The van der Waals surface area contributed by atoms with Crippen LogP contribution in [0.4, 0.5) is 4.79 Å². The Morgan fingerprint density at radius 2 is 0.769 bits per heavy atom. The number of methoxy groups -OCH3 is 4. The molecule has 0 aliphatic rings. The summed E-state index contributed by atoms with van der Waals surface area (Å²) in [7, 11) is 6.62. The monoisotopic (exact) mass is 1060 g/mol. The number of aliphatic hydroxyl groups is 2. The zero-order chi connectivity index (χ0) is 55.3. The van der Waals surface area contributed by atoms with Gasteiger partial charge in [0.05, 0.1) is 53.9 Å². The molecule has 12 heteroatoms. The Balaban J connectivity index is 0.000000261. The van der Waals surface area contributed by atoms with E-state index in [4.69, 9.17) is 38.9 Å². The number of benzene rings is 7. The summed E-state index contributed by atoms with van der Waals surface area (Å²) in [4.78, 5) is 11.9. The Morgan fingerprint density at radius 3 is 1.12 bits per heavy atom. The van der Waals surface area contributed by atoms with Gasteiger partial charge in [-0.05, 0) is 133 Å². The highest BCUT2D eigenvalue weighted by molar-refractivity contribution is 5.67. The molecule has 7 aromatic carbocycles. The van der Waals surface area contributed by atoms with Crippen LogP contribution < -0.4 is 30.0 Å². The van der Waals surface area contributed by atoms with Crippen LogP contribution in [0.5, 0.6) is 23.0 Å². The summed E-state index contributed by atoms with van der Waals surface area (Å²) >= 11 is 0. The topological polar surface area (TPSA) is 160 Å². The number of nitrogens with one attached hydrogen (secondary N) is 1. The average molecular weight is 1060 g/mol. The molecule has 0 aromatic heterocycles. The van der Waals surface area contributed by atoms with E-state index in [2.05, 4.69) is 29.6 Å². The Bertz CT molecular complexity index is 2610. The van der Waals surface area contributed by atoms with Crippen molar-refractivity contribution in [2.24, 2.45) is 5.73 Å². The van der Waals surface area contributed by atoms with Gasteiger partial charge in [-0.25, -0.2) is 4.79 Å². The van der Waals surface area contributed by atoms with Crippen LogP contribution in [0.15, 0.2) is 188 Å². The lowest BCUT2D eigenvalue weighted by Crippen LogP contribution is -2.34. The average Bonchev–Trinajstić information content (AvgIpc) is 3.58. The molecule has 0 aliphatic carbocycles. The zero-order valence-electron chi connectivity index (χ0n) is 45.9. The van der Waals surface area contributed by atoms with Crippen LogP contribution in [0, 0.1) is 0 Å². The molecule has 7 rings (SSSR count). The van der Waals surface area contributed by atoms with Crippen molar-refractivity contribution >= 4 is 6.09 Å². The van der Waals surface area contributed by atoms with Crippen LogP contribution in [0.1, 0.15) is 103 Å². The molecule has 78 heavy (non-hydrogen) atoms. The summed E-state index contributed by atoms with van der Waals surface area (Å²) in [6.45, 7) is 2.25. The predicted molar refractivity (Wildman–Crippen MR) is 308 cm³/mol. The minimum atomic E-state index is -0.902. The fraction of sp³-hybridized carbons (Fsp3) is 0.348. The molecule has 414 valence electrons. The van der Waals surface area contributed by atoms with Gasteiger partial charge in [-0.3, -0.25) is 0 Å². The number of amides is 1. The standard InChI is InChI=1S/C37H43NO6.C29H37NO4/c1-41-34-21-17-31(18-22-34)37(30-14-8-4-9-15-30,32-19-23-35(42-2)24-20-32)44-27-25-33(39)16-10-5-11-26-38-36(40)43-28-29-12-6-3-7-13-29;1-32-27-16-12-24(13-17-27)29(23-9-5-3-6-10-23,25-14-18-28(33-2)19-15-25)34-22-20-26(31)11-7-4-8-21-30/h3-4,6-9,12-15,17-24,33,39H,5,10-11,16,25-28H2,1-2H3,(H,38,40);3,5-6,9-10,12-19,26,31H,4,7-8,11,20-22,30H2,1-2H3. The molecule has 0 bridgehead atoms. The fourth-order valence-corrected chi connectivity index (χ4v) is 9.48. The largest absolute Gasteiger partial charge is 0.497 e. The van der Waals surface area contributed by atoms with Crippen LogP contribution in [0.25, 0.3) is 0 Å². The maximum absolute atomic E-state index is 11.9. The zero-order valence-corrected chi connectivity index (χ0v) is 45.9. The van der Waals surface area contributed by atoms with Gasteiger partial charge in [0.2, 0.25) is 0 Å². The summed E-state index contributed by atoms with van der Waals surface area (Å²) in [6, 6.07) is 61.8. The van der Waals surface area contributed by atoms with Gasteiger partial charge in [0.1, 0.15) is 40.8 Å². The number of aliphatic hydroxyl groups excluding tert-OH is 2. The van der Waals surface area contributed by atoms with E-state index in [-0.39, 0.29) is 6.61 Å². The van der Waals surface area contributed by atoms with Crippen molar-refractivity contribution < 1.29 is 48.2 Å². The third-order valence-electron chi connectivity index (χ3n) is 13.8. The van der Waals surface area contributed by atoms with E-state index < -0.39 is 29.5 Å². The first-order valence-corrected chi connectivity index (χ1v) is 27.2. The second kappa shape index (κ2) is 32.5. The van der Waals surface area contributed by atoms with Crippen molar-refractivity contribution in [1.82, 2.24) is 5.32 Å². The van der Waals surface area contributed by atoms with Gasteiger partial charge in [0.25, 0.3) is 0 Å². The molecule has 2 atom stereocenters. The Kier molecular flexibility index (Phi) is 25.0. The lowest BCUT2D eigenvalue weighted by Gasteiger charge is -2.36. The predicted octanol–water partition coefficient (Wildman–Crippen LogP) is 12.5. The lowest BCUT2D eigenvalue weighted by molar-refractivity contribution is -0.00689. The minimum absolute atomic E-state index is 0.253. The molecule has 0 spiro atoms. The number of hydrogen-bond acceptors (Lipinski definition) is 11. The van der Waals surface area contributed by atoms with Crippen LogP contribution in [0.2, 0.25) is 0 Å². The number of rotatable bonds is 31. The summed E-state index contributed by atoms with van der Waals surface area (Å²) in [5, 5.41) is 24.2. The van der Waals surface area contributed by atoms with E-state index in [0.717, 1.165) is 107 Å². The molecular weight excluding hydrogens is 981 g/mol. The molecule has 0 radical (unpaired) electrons. The first-order chi connectivity index (χ1) is 38.2. The summed E-state index contributed by atoms with van der Waals surface area (Å²) in [5.41, 5.74) is 10.7. The summed E-state index contributed by atoms with van der Waals surface area (Å²) in [6.07, 6.45) is 6.71. The van der Waals surface area contributed by atoms with Gasteiger partial charge in [0.15, 0.2) is 0 Å². The first-order valence-electron chi connectivity index (χ1n) is 27.2. The normalized spacial score (nSPS) is 12.1. The van der Waals surface area contributed by atoms with Crippen molar-refractivity contribution in [3.8, 4) is 23.0 Å². The van der Waals surface area contributed by atoms with E-state index in [0.29, 0.717) is 45.6 Å². The van der Waals surface area contributed by atoms with Crippen LogP contribution in [-0.4, -0.2) is 83.3 Å². The van der Waals surface area contributed by atoms with Gasteiger partial charge >= 0.3 is 6.09 Å². The third kappa shape index (κ3) is 17.4. The van der Waals surface area contributed by atoms with Crippen molar-refractivity contribution in [1.29, 1.82) is 0 Å². The number of carbonyl (C=O) groups excluding carboxylic acids is 1. The minimum Gasteiger partial charge on any atom is -0.497 e.